The Hall–Kier alpha value is -1.73. The van der Waals surface area contributed by atoms with Crippen LogP contribution < -0.4 is 10.1 Å². The number of nitrogens with one attached hydrogen (secondary N) is 1. The van der Waals surface area contributed by atoms with Crippen LogP contribution in [-0.4, -0.2) is 24.4 Å². The fourth-order valence-corrected chi connectivity index (χ4v) is 1.30. The van der Waals surface area contributed by atoms with Gasteiger partial charge in [-0.05, 0) is 25.5 Å². The Kier molecular flexibility index (Phi) is 4.36. The summed E-state index contributed by atoms with van der Waals surface area (Å²) in [4.78, 5) is 0. The fourth-order valence-electron chi connectivity index (χ4n) is 1.30. The van der Waals surface area contributed by atoms with E-state index in [-0.39, 0.29) is 0 Å². The van der Waals surface area contributed by atoms with Gasteiger partial charge in [0.2, 0.25) is 0 Å². The first-order valence-electron chi connectivity index (χ1n) is 5.57. The SMILES string of the molecule is CCC(C)(O)CNc1cc(OC)ccc1C#N. The third-order valence-corrected chi connectivity index (χ3v) is 2.77. The van der Waals surface area contributed by atoms with Gasteiger partial charge >= 0.3 is 0 Å². The van der Waals surface area contributed by atoms with Gasteiger partial charge in [-0.1, -0.05) is 6.92 Å². The molecule has 1 aromatic rings. The minimum Gasteiger partial charge on any atom is -0.497 e. The summed E-state index contributed by atoms with van der Waals surface area (Å²) in [6.45, 7) is 4.07. The highest BCUT2D eigenvalue weighted by atomic mass is 16.5. The van der Waals surface area contributed by atoms with E-state index in [9.17, 15) is 5.11 Å². The van der Waals surface area contributed by atoms with Crippen molar-refractivity contribution in [2.45, 2.75) is 25.9 Å². The molecule has 1 rings (SSSR count). The summed E-state index contributed by atoms with van der Waals surface area (Å²) in [5.74, 6) is 0.683. The molecule has 0 saturated carbocycles. The largest absolute Gasteiger partial charge is 0.497 e. The van der Waals surface area contributed by atoms with Gasteiger partial charge < -0.3 is 15.2 Å². The predicted molar refractivity (Wildman–Crippen MR) is 67.1 cm³/mol. The number of nitrogens with zero attached hydrogens (tertiary/aromatic N) is 1. The number of anilines is 1. The molecular formula is C13H18N2O2. The van der Waals surface area contributed by atoms with Crippen molar-refractivity contribution in [2.75, 3.05) is 19.0 Å². The molecule has 0 heterocycles. The second-order valence-corrected chi connectivity index (χ2v) is 4.23. The molecule has 0 aliphatic heterocycles. The van der Waals surface area contributed by atoms with Crippen molar-refractivity contribution in [3.05, 3.63) is 23.8 Å². The van der Waals surface area contributed by atoms with Gasteiger partial charge in [-0.25, -0.2) is 0 Å². The Morgan fingerprint density at radius 3 is 2.76 bits per heavy atom. The third kappa shape index (κ3) is 3.65. The van der Waals surface area contributed by atoms with Gasteiger partial charge in [-0.3, -0.25) is 0 Å². The molecule has 1 aromatic carbocycles. The molecular weight excluding hydrogens is 216 g/mol. The summed E-state index contributed by atoms with van der Waals surface area (Å²) in [5, 5.41) is 22.0. The summed E-state index contributed by atoms with van der Waals surface area (Å²) in [6.07, 6.45) is 0.645. The van der Waals surface area contributed by atoms with Gasteiger partial charge in [0.05, 0.1) is 24.0 Å². The van der Waals surface area contributed by atoms with Gasteiger partial charge in [0.15, 0.2) is 0 Å². The molecule has 2 N–H and O–H groups in total. The lowest BCUT2D eigenvalue weighted by Gasteiger charge is -2.22. The second kappa shape index (κ2) is 5.55. The van der Waals surface area contributed by atoms with Crippen LogP contribution in [0.2, 0.25) is 0 Å². The van der Waals surface area contributed by atoms with Gasteiger partial charge in [0.25, 0.3) is 0 Å². The molecule has 4 heteroatoms. The number of benzene rings is 1. The van der Waals surface area contributed by atoms with Crippen LogP contribution in [0.3, 0.4) is 0 Å². The molecule has 4 nitrogen and oxygen atoms in total. The molecule has 0 amide bonds. The molecule has 92 valence electrons. The van der Waals surface area contributed by atoms with Crippen molar-refractivity contribution >= 4 is 5.69 Å². The molecule has 0 aliphatic rings. The van der Waals surface area contributed by atoms with Crippen LogP contribution >= 0.6 is 0 Å². The summed E-state index contributed by atoms with van der Waals surface area (Å²) in [5.41, 5.74) is 0.439. The maximum absolute atomic E-state index is 9.90. The average Bonchev–Trinajstić information content (AvgIpc) is 2.36. The highest BCUT2D eigenvalue weighted by Gasteiger charge is 2.17. The van der Waals surface area contributed by atoms with E-state index in [2.05, 4.69) is 11.4 Å². The highest BCUT2D eigenvalue weighted by Crippen LogP contribution is 2.22. The lowest BCUT2D eigenvalue weighted by molar-refractivity contribution is 0.0697. The van der Waals surface area contributed by atoms with Crippen LogP contribution in [0.1, 0.15) is 25.8 Å². The van der Waals surface area contributed by atoms with Crippen LogP contribution in [-0.2, 0) is 0 Å². The zero-order valence-corrected chi connectivity index (χ0v) is 10.4. The lowest BCUT2D eigenvalue weighted by atomic mass is 10.0. The van der Waals surface area contributed by atoms with Gasteiger partial charge in [0.1, 0.15) is 11.8 Å². The van der Waals surface area contributed by atoms with E-state index in [4.69, 9.17) is 10.00 Å². The zero-order chi connectivity index (χ0) is 12.9. The summed E-state index contributed by atoms with van der Waals surface area (Å²) in [7, 11) is 1.58. The summed E-state index contributed by atoms with van der Waals surface area (Å²) >= 11 is 0. The number of rotatable bonds is 5. The third-order valence-electron chi connectivity index (χ3n) is 2.77. The number of hydrogen-bond acceptors (Lipinski definition) is 4. The molecule has 0 saturated heterocycles. The Balaban J connectivity index is 2.86. The molecule has 0 aromatic heterocycles. The molecule has 1 atom stereocenters. The van der Waals surface area contributed by atoms with E-state index >= 15 is 0 Å². The Morgan fingerprint density at radius 1 is 1.53 bits per heavy atom. The minimum absolute atomic E-state index is 0.394. The molecule has 0 bridgehead atoms. The minimum atomic E-state index is -0.782. The molecule has 17 heavy (non-hydrogen) atoms. The van der Waals surface area contributed by atoms with E-state index < -0.39 is 5.60 Å². The predicted octanol–water partition coefficient (Wildman–Crippen LogP) is 2.14. The van der Waals surface area contributed by atoms with Crippen LogP contribution in [0.5, 0.6) is 5.75 Å². The summed E-state index contributed by atoms with van der Waals surface area (Å²) in [6, 6.07) is 7.29. The van der Waals surface area contributed by atoms with Crippen molar-refractivity contribution in [3.63, 3.8) is 0 Å². The number of aliphatic hydroxyl groups is 1. The van der Waals surface area contributed by atoms with Gasteiger partial charge in [0, 0.05) is 12.6 Å². The van der Waals surface area contributed by atoms with Crippen molar-refractivity contribution < 1.29 is 9.84 Å². The zero-order valence-electron chi connectivity index (χ0n) is 10.4. The molecule has 0 fully saturated rings. The van der Waals surface area contributed by atoms with Crippen LogP contribution in [0.15, 0.2) is 18.2 Å². The van der Waals surface area contributed by atoms with Gasteiger partial charge in [-0.15, -0.1) is 0 Å². The quantitative estimate of drug-likeness (QED) is 0.819. The average molecular weight is 234 g/mol. The molecule has 0 spiro atoms. The van der Waals surface area contributed by atoms with Gasteiger partial charge in [-0.2, -0.15) is 5.26 Å². The fraction of sp³-hybridized carbons (Fsp3) is 0.462. The number of nitriles is 1. The van der Waals surface area contributed by atoms with E-state index in [1.165, 1.54) is 0 Å². The van der Waals surface area contributed by atoms with Crippen LogP contribution in [0.25, 0.3) is 0 Å². The van der Waals surface area contributed by atoms with E-state index in [0.29, 0.717) is 30.0 Å². The maximum atomic E-state index is 9.90. The normalized spacial score (nSPS) is 13.6. The Labute approximate surface area is 102 Å². The standard InChI is InChI=1S/C13H18N2O2/c1-4-13(2,16)9-15-12-7-11(17-3)6-5-10(12)8-14/h5-7,15-16H,4,9H2,1-3H3. The van der Waals surface area contributed by atoms with E-state index in [1.54, 1.807) is 32.2 Å². The van der Waals surface area contributed by atoms with E-state index in [0.717, 1.165) is 0 Å². The highest BCUT2D eigenvalue weighted by molar-refractivity contribution is 5.60. The lowest BCUT2D eigenvalue weighted by Crippen LogP contribution is -2.32. The first-order valence-corrected chi connectivity index (χ1v) is 5.57. The smallest absolute Gasteiger partial charge is 0.121 e. The molecule has 0 aliphatic carbocycles. The maximum Gasteiger partial charge on any atom is 0.121 e. The van der Waals surface area contributed by atoms with E-state index in [1.807, 2.05) is 6.92 Å². The van der Waals surface area contributed by atoms with Crippen molar-refractivity contribution in [2.24, 2.45) is 0 Å². The molecule has 0 radical (unpaired) electrons. The van der Waals surface area contributed by atoms with Crippen molar-refractivity contribution in [1.29, 1.82) is 5.26 Å². The van der Waals surface area contributed by atoms with Crippen molar-refractivity contribution in [3.8, 4) is 11.8 Å². The monoisotopic (exact) mass is 234 g/mol. The number of methoxy groups -OCH3 is 1. The topological polar surface area (TPSA) is 65.3 Å². The first kappa shape index (κ1) is 13.3. The van der Waals surface area contributed by atoms with Crippen molar-refractivity contribution in [1.82, 2.24) is 0 Å². The number of hydrogen-bond donors (Lipinski definition) is 2. The second-order valence-electron chi connectivity index (χ2n) is 4.23. The Bertz CT molecular complexity index is 422. The van der Waals surface area contributed by atoms with Crippen LogP contribution in [0, 0.1) is 11.3 Å². The first-order chi connectivity index (χ1) is 8.02. The summed E-state index contributed by atoms with van der Waals surface area (Å²) < 4.78 is 5.10. The van der Waals surface area contributed by atoms with Crippen LogP contribution in [0.4, 0.5) is 5.69 Å². The Morgan fingerprint density at radius 2 is 2.24 bits per heavy atom. The number of ether oxygens (including phenoxy) is 1. The molecule has 1 unspecified atom stereocenters.